The Hall–Kier alpha value is -0.120. The molecule has 2 fully saturated rings. The smallest absolute Gasteiger partial charge is 0.0195 e. The molecular weight excluding hydrogens is 210 g/mol. The number of nitrogens with one attached hydrogen (secondary N) is 1. The molecule has 3 heteroatoms. The molecule has 1 saturated carbocycles. The lowest BCUT2D eigenvalue weighted by Gasteiger charge is -2.38. The lowest BCUT2D eigenvalue weighted by Crippen LogP contribution is -2.52. The van der Waals surface area contributed by atoms with Crippen LogP contribution < -0.4 is 5.32 Å². The van der Waals surface area contributed by atoms with Gasteiger partial charge in [-0.15, -0.1) is 0 Å². The molecule has 1 unspecified atom stereocenters. The van der Waals surface area contributed by atoms with Crippen LogP contribution in [0.4, 0.5) is 0 Å². The van der Waals surface area contributed by atoms with Gasteiger partial charge in [0.05, 0.1) is 0 Å². The molecule has 0 amide bonds. The first-order valence-electron chi connectivity index (χ1n) is 7.41. The highest BCUT2D eigenvalue weighted by Crippen LogP contribution is 2.17. The van der Waals surface area contributed by atoms with Crippen molar-refractivity contribution in [1.82, 2.24) is 15.1 Å². The highest BCUT2D eigenvalue weighted by atomic mass is 15.3. The van der Waals surface area contributed by atoms with Gasteiger partial charge in [-0.05, 0) is 26.8 Å². The van der Waals surface area contributed by atoms with Gasteiger partial charge < -0.3 is 10.2 Å². The lowest BCUT2D eigenvalue weighted by atomic mass is 9.95. The van der Waals surface area contributed by atoms with Crippen LogP contribution in [-0.2, 0) is 0 Å². The molecule has 1 atom stereocenters. The van der Waals surface area contributed by atoms with E-state index < -0.39 is 0 Å². The van der Waals surface area contributed by atoms with Crippen LogP contribution in [0, 0.1) is 0 Å². The Bertz CT molecular complexity index is 214. The zero-order valence-electron chi connectivity index (χ0n) is 11.6. The van der Waals surface area contributed by atoms with E-state index in [0.717, 1.165) is 12.1 Å². The third-order valence-electron chi connectivity index (χ3n) is 4.41. The molecule has 0 aromatic rings. The second kappa shape index (κ2) is 6.72. The molecule has 0 spiro atoms. The van der Waals surface area contributed by atoms with E-state index in [2.05, 4.69) is 29.1 Å². The number of hydrogen-bond donors (Lipinski definition) is 1. The quantitative estimate of drug-likeness (QED) is 0.803. The molecule has 0 aromatic carbocycles. The minimum atomic E-state index is 0.724. The van der Waals surface area contributed by atoms with E-state index >= 15 is 0 Å². The molecule has 0 bridgehead atoms. The monoisotopic (exact) mass is 239 g/mol. The van der Waals surface area contributed by atoms with Crippen LogP contribution in [0.25, 0.3) is 0 Å². The van der Waals surface area contributed by atoms with Gasteiger partial charge in [0, 0.05) is 44.8 Å². The second-order valence-electron chi connectivity index (χ2n) is 5.94. The van der Waals surface area contributed by atoms with Gasteiger partial charge in [0.25, 0.3) is 0 Å². The predicted molar refractivity (Wildman–Crippen MR) is 73.4 cm³/mol. The molecular formula is C14H29N3. The van der Waals surface area contributed by atoms with Gasteiger partial charge >= 0.3 is 0 Å². The third kappa shape index (κ3) is 4.23. The van der Waals surface area contributed by atoms with Gasteiger partial charge in [-0.2, -0.15) is 0 Å². The van der Waals surface area contributed by atoms with Crippen molar-refractivity contribution in [1.29, 1.82) is 0 Å². The van der Waals surface area contributed by atoms with Crippen molar-refractivity contribution in [3.05, 3.63) is 0 Å². The number of piperazine rings is 1. The number of rotatable bonds is 4. The highest BCUT2D eigenvalue weighted by Gasteiger charge is 2.21. The summed E-state index contributed by atoms with van der Waals surface area (Å²) in [7, 11) is 2.23. The first kappa shape index (κ1) is 13.3. The summed E-state index contributed by atoms with van der Waals surface area (Å²) < 4.78 is 0. The first-order chi connectivity index (χ1) is 8.25. The molecule has 1 heterocycles. The zero-order valence-corrected chi connectivity index (χ0v) is 11.6. The molecule has 0 radical (unpaired) electrons. The number of likely N-dealkylation sites (N-methyl/N-ethyl adjacent to an activating group) is 1. The molecule has 17 heavy (non-hydrogen) atoms. The van der Waals surface area contributed by atoms with Crippen LogP contribution in [0.3, 0.4) is 0 Å². The summed E-state index contributed by atoms with van der Waals surface area (Å²) in [5.41, 5.74) is 0. The molecule has 3 nitrogen and oxygen atoms in total. The van der Waals surface area contributed by atoms with Crippen LogP contribution in [-0.4, -0.2) is 61.7 Å². The van der Waals surface area contributed by atoms with Crippen molar-refractivity contribution in [3.8, 4) is 0 Å². The van der Waals surface area contributed by atoms with E-state index in [1.54, 1.807) is 0 Å². The average molecular weight is 239 g/mol. The molecule has 1 aliphatic carbocycles. The molecule has 1 aliphatic heterocycles. The summed E-state index contributed by atoms with van der Waals surface area (Å²) >= 11 is 0. The summed E-state index contributed by atoms with van der Waals surface area (Å²) in [6.07, 6.45) is 7.12. The number of nitrogens with zero attached hydrogens (tertiary/aromatic N) is 2. The van der Waals surface area contributed by atoms with Gasteiger partial charge in [0.15, 0.2) is 0 Å². The summed E-state index contributed by atoms with van der Waals surface area (Å²) in [6.45, 7) is 8.46. The van der Waals surface area contributed by atoms with Crippen molar-refractivity contribution >= 4 is 0 Å². The highest BCUT2D eigenvalue weighted by molar-refractivity contribution is 4.79. The summed E-state index contributed by atoms with van der Waals surface area (Å²) in [5.74, 6) is 0. The molecule has 0 aromatic heterocycles. The van der Waals surface area contributed by atoms with Gasteiger partial charge in [-0.3, -0.25) is 4.90 Å². The van der Waals surface area contributed by atoms with E-state index in [4.69, 9.17) is 0 Å². The largest absolute Gasteiger partial charge is 0.313 e. The van der Waals surface area contributed by atoms with E-state index in [0.29, 0.717) is 0 Å². The van der Waals surface area contributed by atoms with Crippen molar-refractivity contribution in [2.45, 2.75) is 51.1 Å². The Kier molecular flexibility index (Phi) is 5.26. The Morgan fingerprint density at radius 3 is 2.59 bits per heavy atom. The fraction of sp³-hybridized carbons (Fsp3) is 1.00. The first-order valence-corrected chi connectivity index (χ1v) is 7.41. The Morgan fingerprint density at radius 2 is 1.88 bits per heavy atom. The van der Waals surface area contributed by atoms with E-state index in [-0.39, 0.29) is 0 Å². The minimum Gasteiger partial charge on any atom is -0.313 e. The summed E-state index contributed by atoms with van der Waals surface area (Å²) in [6, 6.07) is 1.54. The lowest BCUT2D eigenvalue weighted by molar-refractivity contribution is 0.0997. The molecule has 2 rings (SSSR count). The molecule has 100 valence electrons. The van der Waals surface area contributed by atoms with Crippen LogP contribution in [0.1, 0.15) is 39.0 Å². The van der Waals surface area contributed by atoms with E-state index in [1.807, 2.05) is 0 Å². The average Bonchev–Trinajstić information content (AvgIpc) is 2.33. The topological polar surface area (TPSA) is 18.5 Å². The Morgan fingerprint density at radius 1 is 1.12 bits per heavy atom. The SMILES string of the molecule is CC1CN(C)CCN1CCNC1CCCCC1. The van der Waals surface area contributed by atoms with Gasteiger partial charge in [-0.25, -0.2) is 0 Å². The van der Waals surface area contributed by atoms with Crippen LogP contribution in [0.5, 0.6) is 0 Å². The molecule has 1 saturated heterocycles. The van der Waals surface area contributed by atoms with Crippen LogP contribution in [0.15, 0.2) is 0 Å². The Balaban J connectivity index is 1.61. The van der Waals surface area contributed by atoms with Crippen LogP contribution in [0.2, 0.25) is 0 Å². The predicted octanol–water partition coefficient (Wildman–Crippen LogP) is 1.54. The molecule has 2 aliphatic rings. The van der Waals surface area contributed by atoms with Gasteiger partial charge in [0.2, 0.25) is 0 Å². The van der Waals surface area contributed by atoms with Gasteiger partial charge in [0.1, 0.15) is 0 Å². The summed E-state index contributed by atoms with van der Waals surface area (Å²) in [5, 5.41) is 3.75. The zero-order chi connectivity index (χ0) is 12.1. The second-order valence-corrected chi connectivity index (χ2v) is 5.94. The van der Waals surface area contributed by atoms with Crippen molar-refractivity contribution in [2.75, 3.05) is 39.8 Å². The van der Waals surface area contributed by atoms with Gasteiger partial charge in [-0.1, -0.05) is 19.3 Å². The maximum absolute atomic E-state index is 3.75. The Labute approximate surface area is 107 Å². The van der Waals surface area contributed by atoms with E-state index in [9.17, 15) is 0 Å². The van der Waals surface area contributed by atoms with Crippen molar-refractivity contribution in [2.24, 2.45) is 0 Å². The van der Waals surface area contributed by atoms with Crippen molar-refractivity contribution < 1.29 is 0 Å². The van der Waals surface area contributed by atoms with E-state index in [1.165, 1.54) is 64.8 Å². The van der Waals surface area contributed by atoms with Crippen LogP contribution >= 0.6 is 0 Å². The minimum absolute atomic E-state index is 0.724. The molecule has 1 N–H and O–H groups in total. The fourth-order valence-electron chi connectivity index (χ4n) is 3.23. The normalized spacial score (nSPS) is 29.6. The maximum Gasteiger partial charge on any atom is 0.0195 e. The summed E-state index contributed by atoms with van der Waals surface area (Å²) in [4.78, 5) is 5.07. The number of hydrogen-bond acceptors (Lipinski definition) is 3. The standard InChI is InChI=1S/C14H29N3/c1-13-12-16(2)10-11-17(13)9-8-15-14-6-4-3-5-7-14/h13-15H,3-12H2,1-2H3. The third-order valence-corrected chi connectivity index (χ3v) is 4.41. The maximum atomic E-state index is 3.75. The fourth-order valence-corrected chi connectivity index (χ4v) is 3.23. The van der Waals surface area contributed by atoms with Crippen molar-refractivity contribution in [3.63, 3.8) is 0 Å².